The zero-order valence-corrected chi connectivity index (χ0v) is 15.1. The Morgan fingerprint density at radius 2 is 1.93 bits per heavy atom. The van der Waals surface area contributed by atoms with Gasteiger partial charge in [0, 0.05) is 55.1 Å². The molecule has 3 aromatic rings. The molecule has 6 heteroatoms. The summed E-state index contributed by atoms with van der Waals surface area (Å²) in [5.74, 6) is -0.00595. The Hall–Kier alpha value is -3.28. The van der Waals surface area contributed by atoms with Crippen LogP contribution in [0.1, 0.15) is 38.7 Å². The third-order valence-corrected chi connectivity index (χ3v) is 5.03. The van der Waals surface area contributed by atoms with Crippen LogP contribution in [-0.4, -0.2) is 46.8 Å². The maximum Gasteiger partial charge on any atom is 0.253 e. The number of carbonyl (C=O) groups excluding carboxylic acids is 2. The van der Waals surface area contributed by atoms with E-state index in [0.29, 0.717) is 24.2 Å². The molecule has 1 fully saturated rings. The Balaban J connectivity index is 1.63. The van der Waals surface area contributed by atoms with E-state index in [4.69, 9.17) is 4.98 Å². The number of nitrogens with zero attached hydrogens (tertiary/aromatic N) is 3. The molecule has 1 N–H and O–H groups in total. The molecule has 0 saturated carbocycles. The van der Waals surface area contributed by atoms with Crippen LogP contribution in [-0.2, 0) is 0 Å². The summed E-state index contributed by atoms with van der Waals surface area (Å²) in [6.07, 6.45) is 4.08. The van der Waals surface area contributed by atoms with Crippen LogP contribution in [0.3, 0.4) is 0 Å². The molecule has 2 aromatic heterocycles. The first-order valence-electron chi connectivity index (χ1n) is 8.98. The van der Waals surface area contributed by atoms with Gasteiger partial charge in [0.1, 0.15) is 0 Å². The zero-order valence-electron chi connectivity index (χ0n) is 15.1. The van der Waals surface area contributed by atoms with E-state index in [9.17, 15) is 9.59 Å². The molecule has 0 bridgehead atoms. The smallest absolute Gasteiger partial charge is 0.253 e. The van der Waals surface area contributed by atoms with Crippen LogP contribution in [0.2, 0.25) is 0 Å². The number of nitrogens with one attached hydrogen (secondary N) is 1. The maximum absolute atomic E-state index is 12.7. The lowest BCUT2D eigenvalue weighted by atomic mass is 9.99. The second-order valence-electron chi connectivity index (χ2n) is 6.66. The van der Waals surface area contributed by atoms with E-state index in [0.717, 1.165) is 23.0 Å². The third kappa shape index (κ3) is 3.26. The number of amides is 2. The maximum atomic E-state index is 12.7. The number of pyridine rings is 2. The molecule has 0 spiro atoms. The van der Waals surface area contributed by atoms with Gasteiger partial charge in [-0.2, -0.15) is 0 Å². The van der Waals surface area contributed by atoms with Gasteiger partial charge in [-0.05, 0) is 30.7 Å². The molecular weight excluding hydrogens is 340 g/mol. The standard InChI is InChI=1S/C21H20N4O2/c1-22-20(26)17-12-19(24-18-5-3-2-4-16(17)18)15-8-11-25(13-15)21(27)14-6-9-23-10-7-14/h2-7,9-10,12,15H,8,11,13H2,1H3,(H,22,26)/t15-/m0/s1. The minimum atomic E-state index is -0.127. The average Bonchev–Trinajstić information content (AvgIpc) is 3.22. The highest BCUT2D eigenvalue weighted by Crippen LogP contribution is 2.30. The number of carbonyl (C=O) groups is 2. The van der Waals surface area contributed by atoms with Gasteiger partial charge < -0.3 is 10.2 Å². The van der Waals surface area contributed by atoms with Crippen molar-refractivity contribution in [1.29, 1.82) is 0 Å². The lowest BCUT2D eigenvalue weighted by Crippen LogP contribution is -2.28. The molecule has 4 rings (SSSR count). The first kappa shape index (κ1) is 17.1. The van der Waals surface area contributed by atoms with Crippen LogP contribution in [0.4, 0.5) is 0 Å². The molecular formula is C21H20N4O2. The first-order valence-corrected chi connectivity index (χ1v) is 8.98. The Kier molecular flexibility index (Phi) is 4.54. The number of rotatable bonds is 3. The highest BCUT2D eigenvalue weighted by Gasteiger charge is 2.29. The summed E-state index contributed by atoms with van der Waals surface area (Å²) in [6.45, 7) is 1.27. The lowest BCUT2D eigenvalue weighted by Gasteiger charge is -2.17. The fourth-order valence-corrected chi connectivity index (χ4v) is 3.59. The van der Waals surface area contributed by atoms with E-state index in [2.05, 4.69) is 10.3 Å². The molecule has 1 atom stereocenters. The van der Waals surface area contributed by atoms with E-state index in [1.807, 2.05) is 35.2 Å². The molecule has 3 heterocycles. The molecule has 0 radical (unpaired) electrons. The lowest BCUT2D eigenvalue weighted by molar-refractivity contribution is 0.0790. The second-order valence-corrected chi connectivity index (χ2v) is 6.66. The topological polar surface area (TPSA) is 75.2 Å². The predicted octanol–water partition coefficient (Wildman–Crippen LogP) is 2.62. The van der Waals surface area contributed by atoms with E-state index in [-0.39, 0.29) is 17.7 Å². The van der Waals surface area contributed by atoms with Crippen molar-refractivity contribution in [2.75, 3.05) is 20.1 Å². The Labute approximate surface area is 157 Å². The van der Waals surface area contributed by atoms with Gasteiger partial charge >= 0.3 is 0 Å². The summed E-state index contributed by atoms with van der Waals surface area (Å²) in [5.41, 5.74) is 2.92. The Morgan fingerprint density at radius 1 is 1.15 bits per heavy atom. The van der Waals surface area contributed by atoms with Crippen LogP contribution in [0.5, 0.6) is 0 Å². The molecule has 1 aliphatic heterocycles. The second kappa shape index (κ2) is 7.15. The van der Waals surface area contributed by atoms with Gasteiger partial charge in [-0.15, -0.1) is 0 Å². The summed E-state index contributed by atoms with van der Waals surface area (Å²) in [5, 5.41) is 3.54. The number of fused-ring (bicyclic) bond motifs is 1. The summed E-state index contributed by atoms with van der Waals surface area (Å²) in [4.78, 5) is 35.6. The Morgan fingerprint density at radius 3 is 2.70 bits per heavy atom. The van der Waals surface area contributed by atoms with Gasteiger partial charge in [0.25, 0.3) is 11.8 Å². The van der Waals surface area contributed by atoms with E-state index in [1.54, 1.807) is 31.6 Å². The van der Waals surface area contributed by atoms with Gasteiger partial charge in [0.15, 0.2) is 0 Å². The number of likely N-dealkylation sites (tertiary alicyclic amines) is 1. The van der Waals surface area contributed by atoms with Crippen LogP contribution in [0.15, 0.2) is 54.9 Å². The molecule has 2 amide bonds. The minimum absolute atomic E-state index is 0.00668. The van der Waals surface area contributed by atoms with Gasteiger partial charge in [-0.3, -0.25) is 19.6 Å². The molecule has 136 valence electrons. The van der Waals surface area contributed by atoms with E-state index in [1.165, 1.54) is 0 Å². The average molecular weight is 360 g/mol. The quantitative estimate of drug-likeness (QED) is 0.779. The van der Waals surface area contributed by atoms with Crippen molar-refractivity contribution >= 4 is 22.7 Å². The van der Waals surface area contributed by atoms with Crippen LogP contribution in [0.25, 0.3) is 10.9 Å². The molecule has 0 unspecified atom stereocenters. The summed E-state index contributed by atoms with van der Waals surface area (Å²) >= 11 is 0. The van der Waals surface area contributed by atoms with Crippen molar-refractivity contribution in [2.24, 2.45) is 0 Å². The van der Waals surface area contributed by atoms with Crippen LogP contribution >= 0.6 is 0 Å². The van der Waals surface area contributed by atoms with Gasteiger partial charge in [0.05, 0.1) is 11.1 Å². The number of aromatic nitrogens is 2. The largest absolute Gasteiger partial charge is 0.355 e. The van der Waals surface area contributed by atoms with Crippen molar-refractivity contribution in [3.8, 4) is 0 Å². The summed E-state index contributed by atoms with van der Waals surface area (Å²) < 4.78 is 0. The molecule has 1 aliphatic rings. The molecule has 1 aromatic carbocycles. The predicted molar refractivity (Wildman–Crippen MR) is 103 cm³/mol. The molecule has 1 saturated heterocycles. The SMILES string of the molecule is CNC(=O)c1cc([C@H]2CCN(C(=O)c3ccncc3)C2)nc2ccccc12. The molecule has 6 nitrogen and oxygen atoms in total. The van der Waals surface area contributed by atoms with Gasteiger partial charge in [0.2, 0.25) is 0 Å². The number of hydrogen-bond acceptors (Lipinski definition) is 4. The van der Waals surface area contributed by atoms with Crippen molar-refractivity contribution in [2.45, 2.75) is 12.3 Å². The fraction of sp³-hybridized carbons (Fsp3) is 0.238. The van der Waals surface area contributed by atoms with Crippen molar-refractivity contribution in [1.82, 2.24) is 20.2 Å². The third-order valence-electron chi connectivity index (χ3n) is 5.03. The number of benzene rings is 1. The monoisotopic (exact) mass is 360 g/mol. The molecule has 27 heavy (non-hydrogen) atoms. The van der Waals surface area contributed by atoms with Crippen molar-refractivity contribution in [3.05, 3.63) is 71.7 Å². The van der Waals surface area contributed by atoms with Gasteiger partial charge in [-0.1, -0.05) is 18.2 Å². The first-order chi connectivity index (χ1) is 13.2. The Bertz CT molecular complexity index is 1000. The minimum Gasteiger partial charge on any atom is -0.355 e. The van der Waals surface area contributed by atoms with E-state index < -0.39 is 0 Å². The molecule has 0 aliphatic carbocycles. The van der Waals surface area contributed by atoms with Crippen LogP contribution < -0.4 is 5.32 Å². The highest BCUT2D eigenvalue weighted by molar-refractivity contribution is 6.06. The normalized spacial score (nSPS) is 16.5. The van der Waals surface area contributed by atoms with E-state index >= 15 is 0 Å². The zero-order chi connectivity index (χ0) is 18.8. The van der Waals surface area contributed by atoms with Crippen molar-refractivity contribution < 1.29 is 9.59 Å². The van der Waals surface area contributed by atoms with Crippen LogP contribution in [0, 0.1) is 0 Å². The summed E-state index contributed by atoms with van der Waals surface area (Å²) in [7, 11) is 1.63. The van der Waals surface area contributed by atoms with Gasteiger partial charge in [-0.25, -0.2) is 0 Å². The fourth-order valence-electron chi connectivity index (χ4n) is 3.59. The highest BCUT2D eigenvalue weighted by atomic mass is 16.2. The number of para-hydroxylation sites is 1. The van der Waals surface area contributed by atoms with Crippen molar-refractivity contribution in [3.63, 3.8) is 0 Å². The number of hydrogen-bond donors (Lipinski definition) is 1. The summed E-state index contributed by atoms with van der Waals surface area (Å²) in [6, 6.07) is 13.0.